The van der Waals surface area contributed by atoms with Crippen LogP contribution in [0.15, 0.2) is 48.6 Å². The molecule has 2 aromatic rings. The second kappa shape index (κ2) is 10.6. The van der Waals surface area contributed by atoms with Gasteiger partial charge in [-0.15, -0.1) is 0 Å². The Morgan fingerprint density at radius 2 is 1.98 bits per heavy atom. The number of hydrogen-bond donors (Lipinski definition) is 2. The lowest BCUT2D eigenvalue weighted by molar-refractivity contribution is -0.0314. The summed E-state index contributed by atoms with van der Waals surface area (Å²) in [4.78, 5) is 15.6. The molecule has 0 saturated heterocycles. The third-order valence-electron chi connectivity index (χ3n) is 9.88. The molecule has 7 nitrogen and oxygen atoms in total. The highest BCUT2D eigenvalue weighted by atomic mass is 35.5. The summed E-state index contributed by atoms with van der Waals surface area (Å²) in [5.74, 6) is 0.388. The van der Waals surface area contributed by atoms with Crippen LogP contribution in [0.25, 0.3) is 0 Å². The molecule has 2 bridgehead atoms. The Hall–Kier alpha value is -2.55. The largest absolute Gasteiger partial charge is 0.490 e. The summed E-state index contributed by atoms with van der Waals surface area (Å²) in [6.45, 7) is 5.36. The van der Waals surface area contributed by atoms with E-state index in [2.05, 4.69) is 21.8 Å². The van der Waals surface area contributed by atoms with Crippen molar-refractivity contribution in [1.29, 1.82) is 0 Å². The molecular formula is C32H39ClN2O5S. The van der Waals surface area contributed by atoms with Crippen LogP contribution in [-0.4, -0.2) is 50.0 Å². The summed E-state index contributed by atoms with van der Waals surface area (Å²) in [5, 5.41) is 11.5. The van der Waals surface area contributed by atoms with E-state index in [-0.39, 0.29) is 22.8 Å². The summed E-state index contributed by atoms with van der Waals surface area (Å²) in [7, 11) is -3.88. The Morgan fingerprint density at radius 1 is 1.15 bits per heavy atom. The van der Waals surface area contributed by atoms with Gasteiger partial charge in [-0.1, -0.05) is 29.8 Å². The number of sulfonamides is 1. The molecule has 1 saturated carbocycles. The van der Waals surface area contributed by atoms with E-state index in [0.717, 1.165) is 42.8 Å². The zero-order valence-electron chi connectivity index (χ0n) is 23.7. The van der Waals surface area contributed by atoms with E-state index in [1.54, 1.807) is 25.1 Å². The van der Waals surface area contributed by atoms with E-state index < -0.39 is 26.8 Å². The van der Waals surface area contributed by atoms with Gasteiger partial charge in [-0.2, -0.15) is 0 Å². The van der Waals surface area contributed by atoms with Gasteiger partial charge >= 0.3 is 0 Å². The highest BCUT2D eigenvalue weighted by Crippen LogP contribution is 2.48. The van der Waals surface area contributed by atoms with Gasteiger partial charge in [0, 0.05) is 29.1 Å². The zero-order valence-corrected chi connectivity index (χ0v) is 25.3. The number of allylic oxidation sites excluding steroid dienone is 1. The molecule has 2 heterocycles. The van der Waals surface area contributed by atoms with Gasteiger partial charge in [0.25, 0.3) is 5.91 Å². The molecule has 6 rings (SSSR count). The number of ether oxygens (including phenoxy) is 1. The zero-order chi connectivity index (χ0) is 29.0. The Kier molecular flexibility index (Phi) is 7.40. The monoisotopic (exact) mass is 598 g/mol. The predicted molar refractivity (Wildman–Crippen MR) is 161 cm³/mol. The van der Waals surface area contributed by atoms with Gasteiger partial charge in [0.2, 0.25) is 10.0 Å². The van der Waals surface area contributed by atoms with Gasteiger partial charge in [0.05, 0.1) is 23.1 Å². The average molecular weight is 599 g/mol. The van der Waals surface area contributed by atoms with Crippen LogP contribution in [0, 0.1) is 11.8 Å². The third kappa shape index (κ3) is 5.39. The fraction of sp³-hybridized carbons (Fsp3) is 0.531. The van der Waals surface area contributed by atoms with Crippen molar-refractivity contribution in [3.05, 3.63) is 70.3 Å². The van der Waals surface area contributed by atoms with Crippen LogP contribution in [0.5, 0.6) is 5.75 Å². The lowest BCUT2D eigenvalue weighted by atomic mass is 9.64. The highest BCUT2D eigenvalue weighted by Gasteiger charge is 2.46. The number of amides is 1. The van der Waals surface area contributed by atoms with Gasteiger partial charge in [-0.05, 0) is 112 Å². The first-order valence-electron chi connectivity index (χ1n) is 14.7. The minimum atomic E-state index is -3.88. The summed E-state index contributed by atoms with van der Waals surface area (Å²) < 4.78 is 34.8. The molecule has 2 aliphatic heterocycles. The van der Waals surface area contributed by atoms with Crippen molar-refractivity contribution in [2.45, 2.75) is 75.1 Å². The molecule has 1 fully saturated rings. The Morgan fingerprint density at radius 3 is 2.76 bits per heavy atom. The van der Waals surface area contributed by atoms with Crippen LogP contribution < -0.4 is 14.4 Å². The number of aryl methyl sites for hydroxylation is 1. The molecule has 4 aliphatic rings. The Bertz CT molecular complexity index is 1490. The number of nitrogens with one attached hydrogen (secondary N) is 1. The molecule has 220 valence electrons. The van der Waals surface area contributed by atoms with Crippen molar-refractivity contribution in [1.82, 2.24) is 4.72 Å². The number of rotatable bonds is 0. The maximum absolute atomic E-state index is 13.2. The number of nitrogens with zero attached hydrogens (tertiary/aromatic N) is 1. The first-order valence-corrected chi connectivity index (χ1v) is 16.7. The molecule has 1 spiro atoms. The minimum absolute atomic E-state index is 0.0836. The second-order valence-electron chi connectivity index (χ2n) is 12.7. The maximum Gasteiger partial charge on any atom is 0.264 e. The minimum Gasteiger partial charge on any atom is -0.490 e. The highest BCUT2D eigenvalue weighted by molar-refractivity contribution is 7.90. The van der Waals surface area contributed by atoms with Crippen LogP contribution in [-0.2, 0) is 21.9 Å². The fourth-order valence-corrected chi connectivity index (χ4v) is 8.53. The Balaban J connectivity index is 1.44. The molecule has 1 amide bonds. The van der Waals surface area contributed by atoms with Gasteiger partial charge in [0.15, 0.2) is 0 Å². The number of benzene rings is 2. The lowest BCUT2D eigenvalue weighted by Crippen LogP contribution is -2.51. The number of fused-ring (bicyclic) bond motifs is 4. The van der Waals surface area contributed by atoms with Gasteiger partial charge in [-0.3, -0.25) is 4.79 Å². The molecule has 0 aromatic heterocycles. The van der Waals surface area contributed by atoms with Gasteiger partial charge in [-0.25, -0.2) is 13.1 Å². The lowest BCUT2D eigenvalue weighted by Gasteiger charge is -2.48. The van der Waals surface area contributed by atoms with Crippen LogP contribution in [0.1, 0.15) is 73.9 Å². The maximum atomic E-state index is 13.2. The van der Waals surface area contributed by atoms with Crippen LogP contribution >= 0.6 is 11.6 Å². The first-order chi connectivity index (χ1) is 19.5. The van der Waals surface area contributed by atoms with Crippen molar-refractivity contribution in [2.24, 2.45) is 11.8 Å². The summed E-state index contributed by atoms with van der Waals surface area (Å²) in [6.07, 6.45) is 9.47. The molecule has 41 heavy (non-hydrogen) atoms. The molecule has 2 aromatic carbocycles. The number of aliphatic hydroxyl groups is 1. The number of carbonyl (C=O) groups excluding carboxylic acids is 1. The molecule has 0 radical (unpaired) electrons. The van der Waals surface area contributed by atoms with Crippen LogP contribution in [0.4, 0.5) is 5.69 Å². The molecule has 0 unspecified atom stereocenters. The normalized spacial score (nSPS) is 33.8. The number of anilines is 1. The summed E-state index contributed by atoms with van der Waals surface area (Å²) in [5.41, 5.74) is 2.32. The quantitative estimate of drug-likeness (QED) is 0.395. The van der Waals surface area contributed by atoms with E-state index in [1.807, 2.05) is 25.1 Å². The predicted octanol–water partition coefficient (Wildman–Crippen LogP) is 5.39. The van der Waals surface area contributed by atoms with Crippen molar-refractivity contribution >= 4 is 33.2 Å². The third-order valence-corrected chi connectivity index (χ3v) is 11.9. The molecule has 5 atom stereocenters. The van der Waals surface area contributed by atoms with Crippen LogP contribution in [0.3, 0.4) is 0 Å². The van der Waals surface area contributed by atoms with E-state index in [1.165, 1.54) is 11.1 Å². The van der Waals surface area contributed by atoms with Crippen molar-refractivity contribution in [2.75, 3.05) is 24.6 Å². The molecule has 2 N–H and O–H groups in total. The van der Waals surface area contributed by atoms with Crippen molar-refractivity contribution in [3.63, 3.8) is 0 Å². The van der Waals surface area contributed by atoms with Crippen molar-refractivity contribution < 1.29 is 23.1 Å². The van der Waals surface area contributed by atoms with E-state index in [9.17, 15) is 18.3 Å². The molecular weight excluding hydrogens is 560 g/mol. The smallest absolute Gasteiger partial charge is 0.264 e. The van der Waals surface area contributed by atoms with Gasteiger partial charge < -0.3 is 14.7 Å². The van der Waals surface area contributed by atoms with E-state index >= 15 is 0 Å². The number of carbonyl (C=O) groups is 1. The van der Waals surface area contributed by atoms with Crippen LogP contribution in [0.2, 0.25) is 5.02 Å². The summed E-state index contributed by atoms with van der Waals surface area (Å²) >= 11 is 6.38. The molecule has 2 aliphatic carbocycles. The molecule has 9 heteroatoms. The Labute approximate surface area is 248 Å². The van der Waals surface area contributed by atoms with Crippen molar-refractivity contribution in [3.8, 4) is 5.75 Å². The topological polar surface area (TPSA) is 95.9 Å². The first kappa shape index (κ1) is 28.6. The second-order valence-corrected chi connectivity index (χ2v) is 15.3. The average Bonchev–Trinajstić information content (AvgIpc) is 3.05. The number of halogens is 1. The fourth-order valence-electron chi connectivity index (χ4n) is 7.32. The van der Waals surface area contributed by atoms with E-state index in [0.29, 0.717) is 38.3 Å². The SMILES string of the molecule is C[C@@H]1CC/C=C\[C@@](C)(O)[C@@H]2CC[C@H]2CN2C[C@@]3(CCCc4cc(Cl)ccc43)COc3ccc(cc32)C(=O)NS1(=O)=O. The van der Waals surface area contributed by atoms with E-state index in [4.69, 9.17) is 16.3 Å². The van der Waals surface area contributed by atoms with Gasteiger partial charge in [0.1, 0.15) is 5.75 Å². The standard InChI is InChI=1S/C32H39ClN2O5S/c1-21-6-3-4-14-31(2,37)26-11-8-24(26)18-35-19-32(15-5-7-22-16-25(33)10-12-27(22)32)20-40-29-13-9-23(17-28(29)35)30(36)34-41(21,38)39/h4,9-10,12-14,16-17,21,24,26,37H,3,5-8,11,15,18-20H2,1-2H3,(H,34,36)/b14-4-/t21-,24+,26-,31-,32+/m1/s1. The number of hydrogen-bond acceptors (Lipinski definition) is 6. The summed E-state index contributed by atoms with van der Waals surface area (Å²) in [6, 6.07) is 11.4.